The summed E-state index contributed by atoms with van der Waals surface area (Å²) in [6.45, 7) is 3.16. The van der Waals surface area contributed by atoms with Crippen LogP contribution in [0.1, 0.15) is 6.92 Å². The van der Waals surface area contributed by atoms with E-state index < -0.39 is 0 Å². The summed E-state index contributed by atoms with van der Waals surface area (Å²) in [6.07, 6.45) is 0. The maximum atomic E-state index is 11.7. The number of hydrogen-bond donors (Lipinski definition) is 1. The van der Waals surface area contributed by atoms with Crippen molar-refractivity contribution in [2.24, 2.45) is 5.73 Å². The van der Waals surface area contributed by atoms with E-state index in [1.54, 1.807) is 16.8 Å². The van der Waals surface area contributed by atoms with Crippen molar-refractivity contribution in [2.45, 2.75) is 13.0 Å². The molecular weight excluding hydrogens is 250 g/mol. The largest absolute Gasteiger partial charge is 0.340 e. The molecule has 1 atom stereocenters. The van der Waals surface area contributed by atoms with Crippen LogP contribution in [-0.4, -0.2) is 59.4 Å². The minimum Gasteiger partial charge on any atom is -0.340 e. The highest BCUT2D eigenvalue weighted by atomic mass is 35.5. The lowest BCUT2D eigenvalue weighted by molar-refractivity contribution is -0.131. The van der Waals surface area contributed by atoms with Crippen LogP contribution in [-0.2, 0) is 4.79 Å². The van der Waals surface area contributed by atoms with Gasteiger partial charge in [0.05, 0.1) is 0 Å². The third-order valence-electron chi connectivity index (χ3n) is 2.57. The number of nitrogens with two attached hydrogens (primary N) is 1. The van der Waals surface area contributed by atoms with Crippen LogP contribution in [0.4, 0.5) is 4.79 Å². The van der Waals surface area contributed by atoms with Gasteiger partial charge in [0.2, 0.25) is 5.91 Å². The molecule has 2 amide bonds. The average molecular weight is 268 g/mol. The number of carbonyl (C=O) groups is 2. The molecule has 0 radical (unpaired) electrons. The summed E-state index contributed by atoms with van der Waals surface area (Å²) in [7, 11) is 1.72. The molecule has 1 rings (SSSR count). The summed E-state index contributed by atoms with van der Waals surface area (Å²) in [4.78, 5) is 26.1. The smallest absolute Gasteiger partial charge is 0.282 e. The molecule has 1 aliphatic heterocycles. The van der Waals surface area contributed by atoms with Crippen LogP contribution in [0.25, 0.3) is 0 Å². The van der Waals surface area contributed by atoms with Crippen LogP contribution in [0.15, 0.2) is 0 Å². The third-order valence-corrected chi connectivity index (χ3v) is 3.46. The molecule has 0 spiro atoms. The van der Waals surface area contributed by atoms with Gasteiger partial charge in [-0.2, -0.15) is 0 Å². The number of thioether (sulfide) groups is 1. The minimum absolute atomic E-state index is 0. The summed E-state index contributed by atoms with van der Waals surface area (Å²) in [6, 6.07) is 0.0165. The minimum atomic E-state index is -0.0520. The normalized spacial score (nSPS) is 16.9. The number of likely N-dealkylation sites (N-methyl/N-ethyl adjacent to an activating group) is 1. The highest BCUT2D eigenvalue weighted by Gasteiger charge is 2.25. The Bertz CT molecular complexity index is 265. The van der Waals surface area contributed by atoms with E-state index in [0.29, 0.717) is 13.1 Å². The van der Waals surface area contributed by atoms with Gasteiger partial charge in [-0.3, -0.25) is 9.59 Å². The Labute approximate surface area is 106 Å². The zero-order valence-corrected chi connectivity index (χ0v) is 11.1. The second kappa shape index (κ2) is 6.98. The van der Waals surface area contributed by atoms with Gasteiger partial charge in [0, 0.05) is 31.9 Å². The molecule has 0 aromatic carbocycles. The van der Waals surface area contributed by atoms with Crippen molar-refractivity contribution in [2.75, 3.05) is 32.4 Å². The molecular formula is C9H18ClN3O2S. The number of hydrogen-bond acceptors (Lipinski definition) is 4. The Kier molecular flexibility index (Phi) is 6.78. The van der Waals surface area contributed by atoms with Crippen LogP contribution in [0, 0.1) is 0 Å². The van der Waals surface area contributed by atoms with Gasteiger partial charge in [-0.15, -0.1) is 12.4 Å². The summed E-state index contributed by atoms with van der Waals surface area (Å²) in [5.41, 5.74) is 5.47. The highest BCUT2D eigenvalue weighted by Crippen LogP contribution is 2.16. The van der Waals surface area contributed by atoms with Crippen molar-refractivity contribution in [1.82, 2.24) is 9.80 Å². The number of amides is 2. The van der Waals surface area contributed by atoms with Gasteiger partial charge < -0.3 is 15.5 Å². The Morgan fingerprint density at radius 1 is 1.69 bits per heavy atom. The van der Waals surface area contributed by atoms with E-state index in [4.69, 9.17) is 5.73 Å². The second-order valence-corrected chi connectivity index (χ2v) is 4.67. The van der Waals surface area contributed by atoms with Crippen LogP contribution in [0.3, 0.4) is 0 Å². The molecule has 2 N–H and O–H groups in total. The van der Waals surface area contributed by atoms with Gasteiger partial charge in [-0.1, -0.05) is 11.8 Å². The zero-order chi connectivity index (χ0) is 11.4. The van der Waals surface area contributed by atoms with Crippen molar-refractivity contribution in [3.05, 3.63) is 0 Å². The van der Waals surface area contributed by atoms with Gasteiger partial charge in [0.15, 0.2) is 0 Å². The number of halogens is 1. The molecule has 5 nitrogen and oxygen atoms in total. The fourth-order valence-corrected chi connectivity index (χ4v) is 2.07. The lowest BCUT2D eigenvalue weighted by Gasteiger charge is -2.25. The third kappa shape index (κ3) is 3.84. The molecule has 1 saturated heterocycles. The topological polar surface area (TPSA) is 66.6 Å². The van der Waals surface area contributed by atoms with Crippen molar-refractivity contribution in [1.29, 1.82) is 0 Å². The standard InChI is InChI=1S/C9H17N3O2S.ClH/c1-7(5-10)11(2)8(13)6-12-3-4-15-9(12)14;/h7H,3-6,10H2,1-2H3;1H. The maximum Gasteiger partial charge on any atom is 0.282 e. The zero-order valence-electron chi connectivity index (χ0n) is 9.51. The SMILES string of the molecule is CC(CN)N(C)C(=O)CN1CCSC1=O.Cl. The predicted molar refractivity (Wildman–Crippen MR) is 68.0 cm³/mol. The molecule has 94 valence electrons. The predicted octanol–water partition coefficient (Wildman–Crippen LogP) is 0.383. The Morgan fingerprint density at radius 3 is 2.75 bits per heavy atom. The number of nitrogens with zero attached hydrogens (tertiary/aromatic N) is 2. The second-order valence-electron chi connectivity index (χ2n) is 3.63. The molecule has 0 bridgehead atoms. The average Bonchev–Trinajstić information content (AvgIpc) is 2.62. The Balaban J connectivity index is 0.00000225. The lowest BCUT2D eigenvalue weighted by Crippen LogP contribution is -2.45. The van der Waals surface area contributed by atoms with Crippen LogP contribution in [0.2, 0.25) is 0 Å². The Hall–Kier alpha value is -0.460. The molecule has 1 heterocycles. The first kappa shape index (κ1) is 15.5. The number of carbonyl (C=O) groups excluding carboxylic acids is 2. The molecule has 1 aliphatic rings. The summed E-state index contributed by atoms with van der Waals surface area (Å²) in [5.74, 6) is 0.728. The number of rotatable bonds is 4. The van der Waals surface area contributed by atoms with Crippen LogP contribution in [0.5, 0.6) is 0 Å². The first-order valence-corrected chi connectivity index (χ1v) is 5.92. The van der Waals surface area contributed by atoms with Crippen molar-refractivity contribution >= 4 is 35.3 Å². The Morgan fingerprint density at radius 2 is 2.31 bits per heavy atom. The monoisotopic (exact) mass is 267 g/mol. The van der Waals surface area contributed by atoms with E-state index >= 15 is 0 Å². The molecule has 7 heteroatoms. The van der Waals surface area contributed by atoms with E-state index in [9.17, 15) is 9.59 Å². The molecule has 1 unspecified atom stereocenters. The van der Waals surface area contributed by atoms with Gasteiger partial charge in [-0.25, -0.2) is 0 Å². The van der Waals surface area contributed by atoms with E-state index in [1.165, 1.54) is 11.8 Å². The van der Waals surface area contributed by atoms with Gasteiger partial charge in [0.25, 0.3) is 5.24 Å². The lowest BCUT2D eigenvalue weighted by atomic mass is 10.3. The van der Waals surface area contributed by atoms with Crippen LogP contribution >= 0.6 is 24.2 Å². The highest BCUT2D eigenvalue weighted by molar-refractivity contribution is 8.13. The molecule has 16 heavy (non-hydrogen) atoms. The molecule has 1 fully saturated rings. The first-order chi connectivity index (χ1) is 7.06. The quantitative estimate of drug-likeness (QED) is 0.800. The summed E-state index contributed by atoms with van der Waals surface area (Å²) in [5, 5.41) is -0.00264. The van der Waals surface area contributed by atoms with Gasteiger partial charge in [-0.05, 0) is 6.92 Å². The van der Waals surface area contributed by atoms with Gasteiger partial charge in [0.1, 0.15) is 6.54 Å². The van der Waals surface area contributed by atoms with Gasteiger partial charge >= 0.3 is 0 Å². The van der Waals surface area contributed by atoms with E-state index in [0.717, 1.165) is 5.75 Å². The fraction of sp³-hybridized carbons (Fsp3) is 0.778. The van der Waals surface area contributed by atoms with Crippen molar-refractivity contribution in [3.63, 3.8) is 0 Å². The van der Waals surface area contributed by atoms with E-state index in [-0.39, 0.29) is 36.1 Å². The van der Waals surface area contributed by atoms with Crippen molar-refractivity contribution in [3.8, 4) is 0 Å². The fourth-order valence-electron chi connectivity index (χ4n) is 1.25. The maximum absolute atomic E-state index is 11.7. The molecule has 0 aliphatic carbocycles. The summed E-state index contributed by atoms with van der Waals surface area (Å²) < 4.78 is 0. The summed E-state index contributed by atoms with van der Waals surface area (Å²) >= 11 is 1.26. The van der Waals surface area contributed by atoms with Crippen molar-refractivity contribution < 1.29 is 9.59 Å². The van der Waals surface area contributed by atoms with E-state index in [2.05, 4.69) is 0 Å². The molecule has 0 aromatic heterocycles. The van der Waals surface area contributed by atoms with E-state index in [1.807, 2.05) is 6.92 Å². The van der Waals surface area contributed by atoms with Crippen LogP contribution < -0.4 is 5.73 Å². The first-order valence-electron chi connectivity index (χ1n) is 4.93. The molecule has 0 aromatic rings. The molecule has 0 saturated carbocycles.